The summed E-state index contributed by atoms with van der Waals surface area (Å²) in [5, 5.41) is 16.8. The summed E-state index contributed by atoms with van der Waals surface area (Å²) in [6, 6.07) is 8.44. The lowest BCUT2D eigenvalue weighted by molar-refractivity contribution is -0.151. The molecule has 1 spiro atoms. The summed E-state index contributed by atoms with van der Waals surface area (Å²) in [6.07, 6.45) is 7.55. The molecule has 1 aliphatic carbocycles. The molecule has 1 saturated carbocycles. The first-order valence-corrected chi connectivity index (χ1v) is 15.0. The molecule has 0 radical (unpaired) electrons. The molecule has 5 rings (SSSR count). The molecule has 3 heterocycles. The lowest BCUT2D eigenvalue weighted by atomic mass is 9.65. The summed E-state index contributed by atoms with van der Waals surface area (Å²) >= 11 is 0. The van der Waals surface area contributed by atoms with Crippen molar-refractivity contribution in [2.45, 2.75) is 114 Å². The van der Waals surface area contributed by atoms with E-state index in [0.29, 0.717) is 32.2 Å². The molecule has 3 amide bonds. The molecule has 8 heteroatoms. The van der Waals surface area contributed by atoms with E-state index in [9.17, 15) is 19.5 Å². The fourth-order valence-corrected chi connectivity index (χ4v) is 7.99. The Labute approximate surface area is 232 Å². The Morgan fingerprint density at radius 2 is 1.82 bits per heavy atom. The van der Waals surface area contributed by atoms with E-state index in [0.717, 1.165) is 31.2 Å². The van der Waals surface area contributed by atoms with Gasteiger partial charge in [0.25, 0.3) is 0 Å². The van der Waals surface area contributed by atoms with E-state index in [2.05, 4.69) is 10.6 Å². The highest BCUT2D eigenvalue weighted by molar-refractivity contribution is 5.99. The van der Waals surface area contributed by atoms with Crippen molar-refractivity contribution >= 4 is 17.7 Å². The quantitative estimate of drug-likeness (QED) is 0.423. The van der Waals surface area contributed by atoms with E-state index in [1.54, 1.807) is 4.90 Å². The Hall–Kier alpha value is -2.45. The number of amides is 3. The van der Waals surface area contributed by atoms with Crippen LogP contribution in [0.2, 0.25) is 0 Å². The van der Waals surface area contributed by atoms with Gasteiger partial charge in [-0.3, -0.25) is 14.4 Å². The van der Waals surface area contributed by atoms with Gasteiger partial charge in [0.15, 0.2) is 0 Å². The molecular formula is C31H45N3O5. The fraction of sp³-hybridized carbons (Fsp3) is 0.710. The molecule has 214 valence electrons. The Morgan fingerprint density at radius 1 is 1.10 bits per heavy atom. The van der Waals surface area contributed by atoms with Crippen LogP contribution >= 0.6 is 0 Å². The summed E-state index contributed by atoms with van der Waals surface area (Å²) in [4.78, 5) is 44.0. The van der Waals surface area contributed by atoms with E-state index >= 15 is 0 Å². The minimum Gasteiger partial charge on any atom is -0.394 e. The molecule has 3 aliphatic heterocycles. The zero-order valence-electron chi connectivity index (χ0n) is 23.7. The maximum atomic E-state index is 14.4. The molecule has 2 unspecified atom stereocenters. The number of ether oxygens (including phenoxy) is 1. The van der Waals surface area contributed by atoms with Crippen molar-refractivity contribution in [3.8, 4) is 0 Å². The number of rotatable bonds is 10. The summed E-state index contributed by atoms with van der Waals surface area (Å²) in [5.74, 6) is -1.82. The molecule has 6 atom stereocenters. The monoisotopic (exact) mass is 539 g/mol. The Morgan fingerprint density at radius 3 is 2.46 bits per heavy atom. The van der Waals surface area contributed by atoms with Gasteiger partial charge in [-0.2, -0.15) is 0 Å². The van der Waals surface area contributed by atoms with Gasteiger partial charge in [-0.05, 0) is 50.0 Å². The van der Waals surface area contributed by atoms with Gasteiger partial charge in [-0.25, -0.2) is 0 Å². The third-order valence-electron chi connectivity index (χ3n) is 9.76. The van der Waals surface area contributed by atoms with E-state index in [1.165, 1.54) is 6.42 Å². The van der Waals surface area contributed by atoms with E-state index in [1.807, 2.05) is 51.1 Å². The number of benzene rings is 1. The average molecular weight is 540 g/mol. The Balaban J connectivity index is 1.49. The number of carbonyl (C=O) groups excluding carboxylic acids is 3. The molecule has 4 aliphatic rings. The summed E-state index contributed by atoms with van der Waals surface area (Å²) < 4.78 is 6.86. The van der Waals surface area contributed by atoms with Crippen LogP contribution < -0.4 is 10.6 Å². The van der Waals surface area contributed by atoms with Gasteiger partial charge in [0, 0.05) is 12.6 Å². The van der Waals surface area contributed by atoms with Crippen molar-refractivity contribution in [1.29, 1.82) is 0 Å². The van der Waals surface area contributed by atoms with Crippen LogP contribution in [0.25, 0.3) is 0 Å². The minimum atomic E-state index is -1.06. The first-order chi connectivity index (χ1) is 18.8. The maximum Gasteiger partial charge on any atom is 0.246 e. The van der Waals surface area contributed by atoms with Gasteiger partial charge in [-0.15, -0.1) is 0 Å². The van der Waals surface area contributed by atoms with Crippen molar-refractivity contribution in [3.63, 3.8) is 0 Å². The number of aliphatic hydroxyl groups excluding tert-OH is 1. The second-order valence-corrected chi connectivity index (χ2v) is 12.6. The maximum absolute atomic E-state index is 14.4. The number of fused-ring (bicyclic) bond motifs is 1. The van der Waals surface area contributed by atoms with Gasteiger partial charge in [0.1, 0.15) is 11.6 Å². The number of nitrogens with one attached hydrogen (secondary N) is 2. The second-order valence-electron chi connectivity index (χ2n) is 12.6. The zero-order chi connectivity index (χ0) is 27.8. The van der Waals surface area contributed by atoms with Crippen LogP contribution in [-0.4, -0.2) is 63.7 Å². The third-order valence-corrected chi connectivity index (χ3v) is 9.76. The largest absolute Gasteiger partial charge is 0.394 e. The predicted molar refractivity (Wildman–Crippen MR) is 147 cm³/mol. The van der Waals surface area contributed by atoms with Crippen molar-refractivity contribution in [3.05, 3.63) is 35.9 Å². The minimum absolute atomic E-state index is 0.0834. The number of hydrogen-bond acceptors (Lipinski definition) is 5. The van der Waals surface area contributed by atoms with Gasteiger partial charge in [-0.1, -0.05) is 70.4 Å². The van der Waals surface area contributed by atoms with Crippen LogP contribution in [0.15, 0.2) is 30.3 Å². The SMILES string of the molecule is CC[C@]12CCC3(O1)C(C(=O)NC1CCCCC1)N([C@@H](CO)CC(C)C)C(=O)[C@@H]3[C@H]2C(=O)NCc1ccccc1. The molecular weight excluding hydrogens is 494 g/mol. The molecule has 3 saturated heterocycles. The van der Waals surface area contributed by atoms with Gasteiger partial charge in [0.05, 0.1) is 30.1 Å². The molecule has 1 aromatic rings. The van der Waals surface area contributed by atoms with Crippen molar-refractivity contribution in [2.24, 2.45) is 17.8 Å². The van der Waals surface area contributed by atoms with Crippen LogP contribution in [0.3, 0.4) is 0 Å². The number of hydrogen-bond donors (Lipinski definition) is 3. The van der Waals surface area contributed by atoms with Crippen LogP contribution in [0.4, 0.5) is 0 Å². The third kappa shape index (κ3) is 4.88. The number of aliphatic hydroxyl groups is 1. The highest BCUT2D eigenvalue weighted by Crippen LogP contribution is 2.64. The average Bonchev–Trinajstić information content (AvgIpc) is 3.55. The van der Waals surface area contributed by atoms with Gasteiger partial charge >= 0.3 is 0 Å². The number of nitrogens with zero attached hydrogens (tertiary/aromatic N) is 1. The molecule has 2 bridgehead atoms. The van der Waals surface area contributed by atoms with Gasteiger partial charge < -0.3 is 25.4 Å². The van der Waals surface area contributed by atoms with E-state index < -0.39 is 35.1 Å². The molecule has 0 aromatic heterocycles. The second kappa shape index (κ2) is 11.2. The summed E-state index contributed by atoms with van der Waals surface area (Å²) in [5.41, 5.74) is -0.856. The number of carbonyl (C=O) groups is 3. The molecule has 3 N–H and O–H groups in total. The predicted octanol–water partition coefficient (Wildman–Crippen LogP) is 3.31. The van der Waals surface area contributed by atoms with Crippen molar-refractivity contribution < 1.29 is 24.2 Å². The van der Waals surface area contributed by atoms with Crippen LogP contribution in [0.5, 0.6) is 0 Å². The van der Waals surface area contributed by atoms with Crippen molar-refractivity contribution in [2.75, 3.05) is 6.61 Å². The van der Waals surface area contributed by atoms with E-state index in [4.69, 9.17) is 4.74 Å². The van der Waals surface area contributed by atoms with Crippen LogP contribution in [-0.2, 0) is 25.7 Å². The van der Waals surface area contributed by atoms with Crippen LogP contribution in [0, 0.1) is 17.8 Å². The highest BCUT2D eigenvalue weighted by atomic mass is 16.5. The number of likely N-dealkylation sites (tertiary alicyclic amines) is 1. The highest BCUT2D eigenvalue weighted by Gasteiger charge is 2.79. The topological polar surface area (TPSA) is 108 Å². The molecule has 1 aromatic carbocycles. The smallest absolute Gasteiger partial charge is 0.246 e. The van der Waals surface area contributed by atoms with Crippen molar-refractivity contribution in [1.82, 2.24) is 15.5 Å². The Kier molecular flexibility index (Phi) is 8.07. The lowest BCUT2D eigenvalue weighted by Gasteiger charge is -2.38. The standard InChI is InChI=1S/C31H45N3O5/c1-4-30-15-16-31(39-30)25(24(30)27(36)32-18-21-11-7-5-8-12-21)29(38)34(23(19-35)17-20(2)3)26(31)28(37)33-22-13-9-6-10-14-22/h5,7-8,11-12,20,22-26,35H,4,6,9-10,13-19H2,1-3H3,(H,32,36)(H,33,37)/t23-,24+,25+,26?,30-,31?/m1/s1. The van der Waals surface area contributed by atoms with E-state index in [-0.39, 0.29) is 36.3 Å². The first-order valence-electron chi connectivity index (χ1n) is 15.0. The normalized spacial score (nSPS) is 32.9. The summed E-state index contributed by atoms with van der Waals surface area (Å²) in [6.45, 7) is 6.24. The Bertz CT molecular complexity index is 1060. The van der Waals surface area contributed by atoms with Crippen LogP contribution in [0.1, 0.15) is 84.1 Å². The zero-order valence-corrected chi connectivity index (χ0v) is 23.7. The molecule has 8 nitrogen and oxygen atoms in total. The first kappa shape index (κ1) is 28.1. The summed E-state index contributed by atoms with van der Waals surface area (Å²) in [7, 11) is 0. The molecule has 39 heavy (non-hydrogen) atoms. The van der Waals surface area contributed by atoms with Gasteiger partial charge in [0.2, 0.25) is 17.7 Å². The molecule has 4 fully saturated rings. The lowest BCUT2D eigenvalue weighted by Crippen LogP contribution is -2.59. The fourth-order valence-electron chi connectivity index (χ4n) is 7.99.